The van der Waals surface area contributed by atoms with Gasteiger partial charge in [-0.1, -0.05) is 31.3 Å². The van der Waals surface area contributed by atoms with Crippen LogP contribution in [0, 0.1) is 5.92 Å². The van der Waals surface area contributed by atoms with E-state index in [0.717, 1.165) is 11.3 Å². The molecular formula is C13H16N4O4S2. The molecule has 1 aromatic heterocycles. The Bertz CT molecular complexity index is 802. The molecule has 0 fully saturated rings. The van der Waals surface area contributed by atoms with E-state index in [1.165, 1.54) is 7.11 Å². The first-order valence-corrected chi connectivity index (χ1v) is 8.93. The quantitative estimate of drug-likeness (QED) is 0.765. The molecule has 0 saturated carbocycles. The molecule has 0 atom stereocenters. The van der Waals surface area contributed by atoms with Gasteiger partial charge in [-0.3, -0.25) is 9.52 Å². The second-order valence-corrected chi connectivity index (χ2v) is 7.69. The highest BCUT2D eigenvalue weighted by Crippen LogP contribution is 2.24. The number of benzene rings is 1. The van der Waals surface area contributed by atoms with Crippen molar-refractivity contribution >= 4 is 38.1 Å². The number of carbonyl (C=O) groups is 1. The predicted molar refractivity (Wildman–Crippen MR) is 87.2 cm³/mol. The Kier molecular flexibility index (Phi) is 5.16. The second kappa shape index (κ2) is 6.92. The molecule has 0 spiro atoms. The maximum Gasteiger partial charge on any atom is 0.291 e. The minimum absolute atomic E-state index is 0.134. The third kappa shape index (κ3) is 4.39. The number of amides is 1. The van der Waals surface area contributed by atoms with Crippen LogP contribution in [0.3, 0.4) is 0 Å². The van der Waals surface area contributed by atoms with Crippen LogP contribution in [0.25, 0.3) is 0 Å². The third-order valence-corrected chi connectivity index (χ3v) is 5.30. The molecule has 2 aromatic rings. The van der Waals surface area contributed by atoms with E-state index in [1.54, 1.807) is 38.1 Å². The Morgan fingerprint density at radius 2 is 2.04 bits per heavy atom. The van der Waals surface area contributed by atoms with E-state index < -0.39 is 10.0 Å². The van der Waals surface area contributed by atoms with Crippen molar-refractivity contribution in [3.8, 4) is 5.75 Å². The van der Waals surface area contributed by atoms with Gasteiger partial charge in [-0.25, -0.2) is 0 Å². The second-order valence-electron chi connectivity index (χ2n) is 4.85. The van der Waals surface area contributed by atoms with Crippen molar-refractivity contribution in [2.75, 3.05) is 17.1 Å². The third-order valence-electron chi connectivity index (χ3n) is 2.71. The Morgan fingerprint density at radius 3 is 2.70 bits per heavy atom. The molecule has 0 unspecified atom stereocenters. The van der Waals surface area contributed by atoms with E-state index in [-0.39, 0.29) is 21.3 Å². The average molecular weight is 356 g/mol. The summed E-state index contributed by atoms with van der Waals surface area (Å²) in [4.78, 5) is 11.6. The van der Waals surface area contributed by atoms with E-state index in [4.69, 9.17) is 4.74 Å². The molecule has 0 aliphatic heterocycles. The summed E-state index contributed by atoms with van der Waals surface area (Å²) in [5.41, 5.74) is 0.340. The summed E-state index contributed by atoms with van der Waals surface area (Å²) in [7, 11) is -2.40. The highest BCUT2D eigenvalue weighted by atomic mass is 32.2. The molecule has 1 amide bonds. The van der Waals surface area contributed by atoms with Crippen LogP contribution in [0.1, 0.15) is 13.8 Å². The molecule has 124 valence electrons. The van der Waals surface area contributed by atoms with Crippen LogP contribution in [-0.2, 0) is 14.8 Å². The normalized spacial score (nSPS) is 11.3. The summed E-state index contributed by atoms with van der Waals surface area (Å²) in [6.45, 7) is 3.44. The van der Waals surface area contributed by atoms with Crippen LogP contribution in [0.5, 0.6) is 5.75 Å². The highest BCUT2D eigenvalue weighted by Gasteiger charge is 2.21. The fourth-order valence-corrected chi connectivity index (χ4v) is 3.46. The van der Waals surface area contributed by atoms with Crippen molar-refractivity contribution in [1.82, 2.24) is 10.2 Å². The number of rotatable bonds is 6. The van der Waals surface area contributed by atoms with Crippen molar-refractivity contribution < 1.29 is 17.9 Å². The minimum Gasteiger partial charge on any atom is -0.497 e. The lowest BCUT2D eigenvalue weighted by molar-refractivity contribution is -0.118. The van der Waals surface area contributed by atoms with Gasteiger partial charge in [0.15, 0.2) is 0 Å². The highest BCUT2D eigenvalue weighted by molar-refractivity contribution is 7.94. The van der Waals surface area contributed by atoms with Gasteiger partial charge >= 0.3 is 0 Å². The first kappa shape index (κ1) is 17.2. The van der Waals surface area contributed by atoms with Gasteiger partial charge in [-0.2, -0.15) is 8.42 Å². The Morgan fingerprint density at radius 1 is 1.30 bits per heavy atom. The van der Waals surface area contributed by atoms with Crippen LogP contribution in [0.4, 0.5) is 10.8 Å². The van der Waals surface area contributed by atoms with Gasteiger partial charge in [-0.15, -0.1) is 10.2 Å². The van der Waals surface area contributed by atoms with E-state index in [2.05, 4.69) is 20.2 Å². The number of aromatic nitrogens is 2. The molecule has 1 aromatic carbocycles. The summed E-state index contributed by atoms with van der Waals surface area (Å²) in [5.74, 6) is 0.0204. The number of nitrogens with one attached hydrogen (secondary N) is 2. The number of hydrogen-bond acceptors (Lipinski definition) is 7. The number of methoxy groups -OCH3 is 1. The van der Waals surface area contributed by atoms with Crippen molar-refractivity contribution in [1.29, 1.82) is 0 Å². The molecule has 23 heavy (non-hydrogen) atoms. The molecule has 2 rings (SSSR count). The number of sulfonamides is 1. The van der Waals surface area contributed by atoms with E-state index in [0.29, 0.717) is 11.4 Å². The number of nitrogens with zero attached hydrogens (tertiary/aromatic N) is 2. The van der Waals surface area contributed by atoms with E-state index in [1.807, 2.05) is 0 Å². The largest absolute Gasteiger partial charge is 0.497 e. The summed E-state index contributed by atoms with van der Waals surface area (Å²) >= 11 is 0.779. The number of anilines is 2. The zero-order chi connectivity index (χ0) is 17.0. The Balaban J connectivity index is 2.16. The molecule has 0 bridgehead atoms. The summed E-state index contributed by atoms with van der Waals surface area (Å²) in [5, 5.41) is 9.93. The van der Waals surface area contributed by atoms with Crippen molar-refractivity contribution in [2.45, 2.75) is 18.2 Å². The molecular weight excluding hydrogens is 340 g/mol. The number of hydrogen-bond donors (Lipinski definition) is 2. The molecule has 0 saturated heterocycles. The van der Waals surface area contributed by atoms with Crippen LogP contribution >= 0.6 is 11.3 Å². The fraction of sp³-hybridized carbons (Fsp3) is 0.308. The van der Waals surface area contributed by atoms with Gasteiger partial charge in [0.2, 0.25) is 11.0 Å². The smallest absolute Gasteiger partial charge is 0.291 e. The molecule has 0 aliphatic carbocycles. The maximum absolute atomic E-state index is 12.3. The van der Waals surface area contributed by atoms with Crippen LogP contribution in [0.15, 0.2) is 28.6 Å². The molecule has 0 aliphatic rings. The SMILES string of the molecule is COc1cccc(NS(=O)(=O)c2nnc(NC(=O)C(C)C)s2)c1. The van der Waals surface area contributed by atoms with Gasteiger partial charge in [0.05, 0.1) is 12.8 Å². The Hall–Kier alpha value is -2.20. The van der Waals surface area contributed by atoms with Crippen LogP contribution in [-0.4, -0.2) is 31.6 Å². The predicted octanol–water partition coefficient (Wildman–Crippen LogP) is 1.94. The van der Waals surface area contributed by atoms with Gasteiger partial charge in [0.25, 0.3) is 14.4 Å². The average Bonchev–Trinajstić information content (AvgIpc) is 2.96. The maximum atomic E-state index is 12.3. The van der Waals surface area contributed by atoms with Gasteiger partial charge < -0.3 is 10.1 Å². The molecule has 0 radical (unpaired) electrons. The molecule has 8 nitrogen and oxygen atoms in total. The molecule has 2 N–H and O–H groups in total. The van der Waals surface area contributed by atoms with Crippen molar-refractivity contribution in [3.05, 3.63) is 24.3 Å². The number of ether oxygens (including phenoxy) is 1. The molecule has 1 heterocycles. The molecule has 10 heteroatoms. The fourth-order valence-electron chi connectivity index (χ4n) is 1.50. The summed E-state index contributed by atoms with van der Waals surface area (Å²) in [6.07, 6.45) is 0. The first-order chi connectivity index (χ1) is 10.8. The number of carbonyl (C=O) groups excluding carboxylic acids is 1. The summed E-state index contributed by atoms with van der Waals surface area (Å²) < 4.78 is 31.7. The zero-order valence-corrected chi connectivity index (χ0v) is 14.4. The van der Waals surface area contributed by atoms with Crippen molar-refractivity contribution in [3.63, 3.8) is 0 Å². The summed E-state index contributed by atoms with van der Waals surface area (Å²) in [6, 6.07) is 6.48. The standard InChI is InChI=1S/C13H16N4O4S2/c1-8(2)11(18)14-12-15-16-13(22-12)23(19,20)17-9-5-4-6-10(7-9)21-3/h4-8,17H,1-3H3,(H,14,15,18). The lowest BCUT2D eigenvalue weighted by Gasteiger charge is -2.06. The van der Waals surface area contributed by atoms with Crippen LogP contribution < -0.4 is 14.8 Å². The van der Waals surface area contributed by atoms with Crippen molar-refractivity contribution in [2.24, 2.45) is 5.92 Å². The van der Waals surface area contributed by atoms with Gasteiger partial charge in [0, 0.05) is 12.0 Å². The Labute approximate surface area is 137 Å². The minimum atomic E-state index is -3.89. The first-order valence-electron chi connectivity index (χ1n) is 6.63. The van der Waals surface area contributed by atoms with Crippen LogP contribution in [0.2, 0.25) is 0 Å². The monoisotopic (exact) mass is 356 g/mol. The van der Waals surface area contributed by atoms with Gasteiger partial charge in [0.1, 0.15) is 5.75 Å². The van der Waals surface area contributed by atoms with E-state index >= 15 is 0 Å². The topological polar surface area (TPSA) is 110 Å². The van der Waals surface area contributed by atoms with E-state index in [9.17, 15) is 13.2 Å². The zero-order valence-electron chi connectivity index (χ0n) is 12.7. The lowest BCUT2D eigenvalue weighted by atomic mass is 10.2. The lowest BCUT2D eigenvalue weighted by Crippen LogP contribution is -2.17. The van der Waals surface area contributed by atoms with Gasteiger partial charge in [-0.05, 0) is 12.1 Å².